The SMILES string of the molecule is [N-]=[N+]=NC[C@H]1O[C@H](O[C@H]2[C@H](O[C@@H]3O[C@H](COCc4ccccc4)[C@@H](O[C@H]4O[C@H](CN=[N+]=[N-])[C@@H](OCc5ccccc5)[C@H](OCc5ccccc5)[C@H]4N=[N+]=[N-])[C@H]3OCc3ccccc3)[C@@H](OCc3ccccc3)[C@H](N=[N+]=[N-])C[C@@H]2N=[N+]=[N-])[C@H](N=[N+]=[N-])[C@@H](OCc2ccccc2)[C@@H]1OCc1ccccc1. The summed E-state index contributed by atoms with van der Waals surface area (Å²) in [5.41, 5.74) is 67.2. The van der Waals surface area contributed by atoms with Gasteiger partial charge in [-0.15, -0.1) is 0 Å². The average Bonchev–Trinajstić information content (AvgIpc) is 1.56. The molecule has 0 N–H and O–H groups in total. The van der Waals surface area contributed by atoms with Crippen molar-refractivity contribution in [1.29, 1.82) is 0 Å². The lowest BCUT2D eigenvalue weighted by Gasteiger charge is -2.49. The molecule has 0 bridgehead atoms. The molecule has 0 radical (unpaired) electrons. The molecule has 532 valence electrons. The summed E-state index contributed by atoms with van der Waals surface area (Å²) in [7, 11) is 0. The highest BCUT2D eigenvalue weighted by atomic mass is 16.8. The van der Waals surface area contributed by atoms with Crippen molar-refractivity contribution in [3.8, 4) is 0 Å². The Morgan fingerprint density at radius 3 is 0.951 bits per heavy atom. The Balaban J connectivity index is 1.02. The highest BCUT2D eigenvalue weighted by Crippen LogP contribution is 2.42. The van der Waals surface area contributed by atoms with Gasteiger partial charge in [-0.25, -0.2) is 0 Å². The first-order valence-electron chi connectivity index (χ1n) is 33.5. The summed E-state index contributed by atoms with van der Waals surface area (Å²) in [6, 6.07) is 59.9. The number of azide groups is 6. The monoisotopic (exact) mass is 1400 g/mol. The highest BCUT2D eigenvalue weighted by Gasteiger charge is 2.58. The predicted molar refractivity (Wildman–Crippen MR) is 371 cm³/mol. The van der Waals surface area contributed by atoms with E-state index in [9.17, 15) is 33.2 Å². The summed E-state index contributed by atoms with van der Waals surface area (Å²) in [5.74, 6) is 0. The number of hydrogen-bond donors (Lipinski definition) is 0. The molecule has 3 heterocycles. The minimum Gasteiger partial charge on any atom is -0.374 e. The minimum absolute atomic E-state index is 0.0100. The fourth-order valence-corrected chi connectivity index (χ4v) is 12.9. The first-order chi connectivity index (χ1) is 50.8. The molecule has 3 aliphatic heterocycles. The van der Waals surface area contributed by atoms with Crippen molar-refractivity contribution >= 4 is 0 Å². The topological polar surface area (TPSA) is 413 Å². The van der Waals surface area contributed by atoms with E-state index in [0.29, 0.717) is 11.1 Å². The zero-order valence-electron chi connectivity index (χ0n) is 55.8. The maximum absolute atomic E-state index is 10.6. The molecule has 1 saturated carbocycles. The summed E-state index contributed by atoms with van der Waals surface area (Å²) in [6.45, 7) is -0.853. The summed E-state index contributed by atoms with van der Waals surface area (Å²) in [6.07, 6.45) is -19.9. The van der Waals surface area contributed by atoms with Gasteiger partial charge < -0.3 is 61.6 Å². The van der Waals surface area contributed by atoms with Crippen molar-refractivity contribution < 1.29 is 61.6 Å². The van der Waals surface area contributed by atoms with Crippen LogP contribution < -0.4 is 0 Å². The Morgan fingerprint density at radius 2 is 0.592 bits per heavy atom. The lowest BCUT2D eigenvalue weighted by molar-refractivity contribution is -0.318. The molecule has 103 heavy (non-hydrogen) atoms. The minimum atomic E-state index is -1.65. The number of hydrogen-bond acceptors (Lipinski definition) is 19. The summed E-state index contributed by atoms with van der Waals surface area (Å²) >= 11 is 0. The second kappa shape index (κ2) is 39.3. The van der Waals surface area contributed by atoms with Gasteiger partial charge in [-0.3, -0.25) is 0 Å². The Morgan fingerprint density at radius 1 is 0.291 bits per heavy atom. The van der Waals surface area contributed by atoms with Gasteiger partial charge in [-0.05, 0) is 78.6 Å². The van der Waals surface area contributed by atoms with Gasteiger partial charge in [0, 0.05) is 29.5 Å². The molecule has 4 fully saturated rings. The second-order valence-electron chi connectivity index (χ2n) is 24.5. The lowest BCUT2D eigenvalue weighted by atomic mass is 9.83. The van der Waals surface area contributed by atoms with Gasteiger partial charge in [0.2, 0.25) is 0 Å². The van der Waals surface area contributed by atoms with Crippen LogP contribution in [0.15, 0.2) is 243 Å². The van der Waals surface area contributed by atoms with E-state index in [0.717, 1.165) is 27.8 Å². The van der Waals surface area contributed by atoms with Crippen LogP contribution in [0.4, 0.5) is 0 Å². The van der Waals surface area contributed by atoms with E-state index in [2.05, 4.69) is 60.2 Å². The van der Waals surface area contributed by atoms with Gasteiger partial charge in [0.15, 0.2) is 18.9 Å². The van der Waals surface area contributed by atoms with Crippen LogP contribution in [0.3, 0.4) is 0 Å². The maximum Gasteiger partial charge on any atom is 0.187 e. The van der Waals surface area contributed by atoms with E-state index in [1.165, 1.54) is 0 Å². The summed E-state index contributed by atoms with van der Waals surface area (Å²) in [4.78, 5) is 19.3. The second-order valence-corrected chi connectivity index (χ2v) is 24.5. The Labute approximate surface area is 592 Å². The van der Waals surface area contributed by atoms with Crippen molar-refractivity contribution in [2.24, 2.45) is 30.7 Å². The Bertz CT molecular complexity index is 4040. The molecule has 7 aromatic carbocycles. The van der Waals surface area contributed by atoms with E-state index in [-0.39, 0.29) is 72.4 Å². The zero-order valence-corrected chi connectivity index (χ0v) is 55.8. The largest absolute Gasteiger partial charge is 0.374 e. The molecule has 1 aliphatic carbocycles. The quantitative estimate of drug-likeness (QED) is 0.0200. The molecule has 3 saturated heterocycles. The molecule has 0 amide bonds. The fraction of sp³-hybridized carbons (Fsp3) is 0.417. The van der Waals surface area contributed by atoms with Gasteiger partial charge in [0.05, 0.1) is 102 Å². The van der Waals surface area contributed by atoms with Crippen LogP contribution in [-0.4, -0.2) is 136 Å². The van der Waals surface area contributed by atoms with Gasteiger partial charge in [-0.1, -0.05) is 243 Å². The fourth-order valence-electron chi connectivity index (χ4n) is 12.9. The molecule has 4 aliphatic rings. The van der Waals surface area contributed by atoms with Crippen LogP contribution in [-0.2, 0) is 108 Å². The zero-order chi connectivity index (χ0) is 71.2. The molecular formula is C72H76N18O13. The van der Waals surface area contributed by atoms with Crippen LogP contribution in [0, 0.1) is 0 Å². The standard InChI is InChI=1S/C72H76N18O13/c73-85-79-37-56-63(93-41-49-26-12-3-13-27-49)66(95-43-51-30-16-5-17-31-51)59(83-89-77)70(98-56)101-62-55(82-88-76)36-54(81-87-75)61(92-40-48-24-10-2-11-25-48)68(62)103-72-69(97-45-53-34-20-7-21-35-53)65(58(100-72)46-91-39-47-22-8-1-9-23-47)102-71-60(84-90-78)67(96-44-52-32-18-6-19-33-52)64(57(99-71)38-80-86-74)94-42-50-28-14-4-15-29-50/h1-35,54-72H,36-46H2/t54-,55+,56-,57-,58-,59-,60-,61+,62-,63-,64-,65-,66-,67-,68-,69-,70-,71-,72+/m1/s1. The van der Waals surface area contributed by atoms with Crippen molar-refractivity contribution in [3.63, 3.8) is 0 Å². The van der Waals surface area contributed by atoms with E-state index in [4.69, 9.17) is 61.6 Å². The Hall–Kier alpha value is -10.1. The smallest absolute Gasteiger partial charge is 0.187 e. The van der Waals surface area contributed by atoms with Crippen molar-refractivity contribution in [2.45, 2.75) is 169 Å². The third-order valence-electron chi connectivity index (χ3n) is 17.8. The molecule has 31 heteroatoms. The van der Waals surface area contributed by atoms with Crippen molar-refractivity contribution in [3.05, 3.63) is 314 Å². The Kier molecular flexibility index (Phi) is 28.3. The van der Waals surface area contributed by atoms with Gasteiger partial charge >= 0.3 is 0 Å². The van der Waals surface area contributed by atoms with Gasteiger partial charge in [-0.2, -0.15) is 0 Å². The molecular weight excluding hydrogens is 1320 g/mol. The highest BCUT2D eigenvalue weighted by molar-refractivity contribution is 5.20. The molecule has 0 aromatic heterocycles. The van der Waals surface area contributed by atoms with E-state index in [1.54, 1.807) is 0 Å². The van der Waals surface area contributed by atoms with Crippen LogP contribution in [0.25, 0.3) is 62.7 Å². The number of rotatable bonds is 36. The van der Waals surface area contributed by atoms with Crippen LogP contribution in [0.2, 0.25) is 0 Å². The average molecular weight is 1400 g/mol. The molecule has 11 rings (SSSR count). The number of benzene rings is 7. The number of nitrogens with zero attached hydrogens (tertiary/aromatic N) is 18. The summed E-state index contributed by atoms with van der Waals surface area (Å²) in [5, 5.41) is 25.1. The maximum atomic E-state index is 10.6. The molecule has 0 spiro atoms. The number of ether oxygens (including phenoxy) is 13. The summed E-state index contributed by atoms with van der Waals surface area (Å²) < 4.78 is 90.2. The van der Waals surface area contributed by atoms with E-state index in [1.807, 2.05) is 212 Å². The lowest BCUT2D eigenvalue weighted by Crippen LogP contribution is -2.64. The van der Waals surface area contributed by atoms with E-state index < -0.39 is 116 Å². The van der Waals surface area contributed by atoms with E-state index >= 15 is 0 Å². The third-order valence-corrected chi connectivity index (χ3v) is 17.8. The first-order valence-corrected chi connectivity index (χ1v) is 33.5. The third kappa shape index (κ3) is 20.6. The van der Waals surface area contributed by atoms with Crippen LogP contribution in [0.1, 0.15) is 45.4 Å². The molecule has 19 atom stereocenters. The molecule has 7 aromatic rings. The predicted octanol–water partition coefficient (Wildman–Crippen LogP) is 14.8. The van der Waals surface area contributed by atoms with Crippen molar-refractivity contribution in [1.82, 2.24) is 0 Å². The van der Waals surface area contributed by atoms with Gasteiger partial charge in [0.25, 0.3) is 0 Å². The normalized spacial score (nSPS) is 27.9. The van der Waals surface area contributed by atoms with Crippen LogP contribution in [0.5, 0.6) is 0 Å². The molecule has 0 unspecified atom stereocenters. The first kappa shape index (κ1) is 74.1. The van der Waals surface area contributed by atoms with Crippen LogP contribution >= 0.6 is 0 Å². The van der Waals surface area contributed by atoms with Crippen molar-refractivity contribution in [2.75, 3.05) is 19.7 Å². The molecule has 31 nitrogen and oxygen atoms in total. The van der Waals surface area contributed by atoms with Gasteiger partial charge in [0.1, 0.15) is 60.9 Å².